The molecule has 1 aliphatic heterocycles. The number of benzene rings is 1. The van der Waals surface area contributed by atoms with Gasteiger partial charge >= 0.3 is 0 Å². The van der Waals surface area contributed by atoms with E-state index in [2.05, 4.69) is 12.1 Å². The highest BCUT2D eigenvalue weighted by Crippen LogP contribution is 2.25. The van der Waals surface area contributed by atoms with E-state index in [1.165, 1.54) is 18.4 Å². The highest BCUT2D eigenvalue weighted by molar-refractivity contribution is 7.99. The maximum absolute atomic E-state index is 8.94. The van der Waals surface area contributed by atoms with Gasteiger partial charge in [-0.2, -0.15) is 11.8 Å². The lowest BCUT2D eigenvalue weighted by Gasteiger charge is -2.21. The molecule has 2 rings (SSSR count). The summed E-state index contributed by atoms with van der Waals surface area (Å²) < 4.78 is 5.34. The van der Waals surface area contributed by atoms with Crippen LogP contribution in [0.4, 0.5) is 0 Å². The topological polar surface area (TPSA) is 29.5 Å². The Hall–Kier alpha value is -0.510. The third kappa shape index (κ3) is 3.51. The standard InChI is InChI=1S/C13H18O2S/c14-9-11-1-3-12(4-2-11)10-16-13-5-7-15-8-6-13/h1-4,13-14H,5-10H2. The van der Waals surface area contributed by atoms with E-state index < -0.39 is 0 Å². The molecule has 16 heavy (non-hydrogen) atoms. The average molecular weight is 238 g/mol. The molecule has 1 aliphatic rings. The summed E-state index contributed by atoms with van der Waals surface area (Å²) in [7, 11) is 0. The summed E-state index contributed by atoms with van der Waals surface area (Å²) in [6, 6.07) is 8.22. The van der Waals surface area contributed by atoms with Crippen LogP contribution in [0.3, 0.4) is 0 Å². The monoisotopic (exact) mass is 238 g/mol. The highest BCUT2D eigenvalue weighted by atomic mass is 32.2. The van der Waals surface area contributed by atoms with Crippen LogP contribution in [0.25, 0.3) is 0 Å². The van der Waals surface area contributed by atoms with Crippen molar-refractivity contribution in [3.05, 3.63) is 35.4 Å². The van der Waals surface area contributed by atoms with Crippen molar-refractivity contribution in [2.45, 2.75) is 30.5 Å². The highest BCUT2D eigenvalue weighted by Gasteiger charge is 2.13. The van der Waals surface area contributed by atoms with E-state index in [4.69, 9.17) is 9.84 Å². The molecular formula is C13H18O2S. The van der Waals surface area contributed by atoms with Crippen molar-refractivity contribution in [3.8, 4) is 0 Å². The SMILES string of the molecule is OCc1ccc(CSC2CCOCC2)cc1. The predicted molar refractivity (Wildman–Crippen MR) is 67.5 cm³/mol. The molecule has 2 nitrogen and oxygen atoms in total. The Kier molecular flexibility index (Phi) is 4.69. The zero-order valence-electron chi connectivity index (χ0n) is 9.39. The molecule has 1 heterocycles. The van der Waals surface area contributed by atoms with E-state index in [-0.39, 0.29) is 6.61 Å². The number of ether oxygens (including phenoxy) is 1. The third-order valence-electron chi connectivity index (χ3n) is 2.86. The number of thioether (sulfide) groups is 1. The van der Waals surface area contributed by atoms with Gasteiger partial charge in [-0.25, -0.2) is 0 Å². The van der Waals surface area contributed by atoms with Crippen molar-refractivity contribution in [2.75, 3.05) is 13.2 Å². The lowest BCUT2D eigenvalue weighted by molar-refractivity contribution is 0.1000. The summed E-state index contributed by atoms with van der Waals surface area (Å²) >= 11 is 2.02. The van der Waals surface area contributed by atoms with Crippen molar-refractivity contribution < 1.29 is 9.84 Å². The molecule has 0 aromatic heterocycles. The second kappa shape index (κ2) is 6.28. The lowest BCUT2D eigenvalue weighted by atomic mass is 10.2. The van der Waals surface area contributed by atoms with Crippen molar-refractivity contribution in [1.82, 2.24) is 0 Å². The molecule has 0 bridgehead atoms. The van der Waals surface area contributed by atoms with Crippen molar-refractivity contribution in [2.24, 2.45) is 0 Å². The van der Waals surface area contributed by atoms with Crippen LogP contribution in [0.2, 0.25) is 0 Å². The first-order valence-electron chi connectivity index (χ1n) is 5.76. The van der Waals surface area contributed by atoms with Gasteiger partial charge in [-0.05, 0) is 24.0 Å². The van der Waals surface area contributed by atoms with E-state index in [0.29, 0.717) is 0 Å². The number of aliphatic hydroxyl groups excluding tert-OH is 1. The van der Waals surface area contributed by atoms with Gasteiger partial charge in [0.15, 0.2) is 0 Å². The molecule has 0 radical (unpaired) electrons. The first kappa shape index (κ1) is 12.0. The minimum atomic E-state index is 0.132. The Morgan fingerprint density at radius 1 is 1.12 bits per heavy atom. The maximum Gasteiger partial charge on any atom is 0.0681 e. The Balaban J connectivity index is 1.79. The van der Waals surface area contributed by atoms with Crippen LogP contribution in [-0.2, 0) is 17.1 Å². The molecule has 1 aromatic rings. The van der Waals surface area contributed by atoms with Crippen molar-refractivity contribution in [3.63, 3.8) is 0 Å². The van der Waals surface area contributed by atoms with Gasteiger partial charge in [-0.1, -0.05) is 24.3 Å². The molecule has 0 aliphatic carbocycles. The van der Waals surface area contributed by atoms with Gasteiger partial charge in [0, 0.05) is 24.2 Å². The summed E-state index contributed by atoms with van der Waals surface area (Å²) in [5.41, 5.74) is 2.33. The molecule has 0 saturated carbocycles. The first-order valence-corrected chi connectivity index (χ1v) is 6.81. The minimum Gasteiger partial charge on any atom is -0.392 e. The smallest absolute Gasteiger partial charge is 0.0681 e. The zero-order valence-corrected chi connectivity index (χ0v) is 10.2. The molecule has 1 N–H and O–H groups in total. The molecular weight excluding hydrogens is 220 g/mol. The minimum absolute atomic E-state index is 0.132. The van der Waals surface area contributed by atoms with E-state index in [9.17, 15) is 0 Å². The number of aliphatic hydroxyl groups is 1. The second-order valence-electron chi connectivity index (χ2n) is 4.10. The van der Waals surface area contributed by atoms with Crippen LogP contribution in [0.5, 0.6) is 0 Å². The third-order valence-corrected chi connectivity index (χ3v) is 4.30. The fraction of sp³-hybridized carbons (Fsp3) is 0.538. The van der Waals surface area contributed by atoms with Gasteiger partial charge in [-0.3, -0.25) is 0 Å². The lowest BCUT2D eigenvalue weighted by Crippen LogP contribution is -2.17. The molecule has 1 saturated heterocycles. The fourth-order valence-corrected chi connectivity index (χ4v) is 2.94. The summed E-state index contributed by atoms with van der Waals surface area (Å²) in [5, 5.41) is 9.70. The summed E-state index contributed by atoms with van der Waals surface area (Å²) in [5.74, 6) is 1.07. The van der Waals surface area contributed by atoms with E-state index in [1.54, 1.807) is 0 Å². The van der Waals surface area contributed by atoms with Crippen LogP contribution in [-0.4, -0.2) is 23.6 Å². The quantitative estimate of drug-likeness (QED) is 0.874. The zero-order chi connectivity index (χ0) is 11.2. The largest absolute Gasteiger partial charge is 0.392 e. The Labute approximate surface area is 101 Å². The molecule has 0 spiro atoms. The van der Waals surface area contributed by atoms with Crippen LogP contribution >= 0.6 is 11.8 Å². The second-order valence-corrected chi connectivity index (χ2v) is 5.39. The van der Waals surface area contributed by atoms with Gasteiger partial charge in [-0.15, -0.1) is 0 Å². The van der Waals surface area contributed by atoms with Crippen molar-refractivity contribution in [1.29, 1.82) is 0 Å². The Bertz CT molecular complexity index is 304. The van der Waals surface area contributed by atoms with Crippen molar-refractivity contribution >= 4 is 11.8 Å². The summed E-state index contributed by atoms with van der Waals surface area (Å²) in [4.78, 5) is 0. The Morgan fingerprint density at radius 3 is 2.38 bits per heavy atom. The average Bonchev–Trinajstić information content (AvgIpc) is 2.38. The maximum atomic E-state index is 8.94. The van der Waals surface area contributed by atoms with Gasteiger partial charge in [0.1, 0.15) is 0 Å². The first-order chi connectivity index (χ1) is 7.88. The molecule has 0 atom stereocenters. The van der Waals surface area contributed by atoms with Crippen LogP contribution in [0, 0.1) is 0 Å². The van der Waals surface area contributed by atoms with E-state index >= 15 is 0 Å². The van der Waals surface area contributed by atoms with Crippen LogP contribution in [0.15, 0.2) is 24.3 Å². The number of rotatable bonds is 4. The molecule has 3 heteroatoms. The van der Waals surface area contributed by atoms with Gasteiger partial charge in [0.2, 0.25) is 0 Å². The van der Waals surface area contributed by atoms with E-state index in [1.807, 2.05) is 23.9 Å². The number of hydrogen-bond acceptors (Lipinski definition) is 3. The molecule has 88 valence electrons. The molecule has 1 aromatic carbocycles. The Morgan fingerprint density at radius 2 is 1.75 bits per heavy atom. The van der Waals surface area contributed by atoms with Gasteiger partial charge in [0.25, 0.3) is 0 Å². The summed E-state index contributed by atoms with van der Waals surface area (Å²) in [6.07, 6.45) is 2.36. The predicted octanol–water partition coefficient (Wildman–Crippen LogP) is 2.59. The molecule has 0 unspecified atom stereocenters. The molecule has 1 fully saturated rings. The fourth-order valence-electron chi connectivity index (χ4n) is 1.80. The summed E-state index contributed by atoms with van der Waals surface area (Å²) in [6.45, 7) is 1.97. The van der Waals surface area contributed by atoms with Gasteiger partial charge in [0.05, 0.1) is 6.61 Å². The van der Waals surface area contributed by atoms with Crippen LogP contribution < -0.4 is 0 Å². The van der Waals surface area contributed by atoms with Gasteiger partial charge < -0.3 is 9.84 Å². The number of hydrogen-bond donors (Lipinski definition) is 1. The molecule has 0 amide bonds. The normalized spacial score (nSPS) is 17.6. The van der Waals surface area contributed by atoms with E-state index in [0.717, 1.165) is 29.8 Å². The van der Waals surface area contributed by atoms with Crippen LogP contribution in [0.1, 0.15) is 24.0 Å².